The monoisotopic (exact) mass is 211 g/mol. The van der Waals surface area contributed by atoms with E-state index in [0.29, 0.717) is 12.0 Å². The summed E-state index contributed by atoms with van der Waals surface area (Å²) in [5, 5.41) is 4.23. The lowest BCUT2D eigenvalue weighted by Crippen LogP contribution is -2.23. The van der Waals surface area contributed by atoms with Crippen molar-refractivity contribution in [3.05, 3.63) is 29.3 Å². The van der Waals surface area contributed by atoms with Gasteiger partial charge in [0.25, 0.3) is 0 Å². The molecular weight excluding hydrogens is 194 g/mol. The quantitative estimate of drug-likeness (QED) is 0.788. The molecule has 0 heterocycles. The van der Waals surface area contributed by atoms with E-state index in [1.54, 1.807) is 0 Å². The van der Waals surface area contributed by atoms with Crippen LogP contribution in [0.2, 0.25) is 5.02 Å². The van der Waals surface area contributed by atoms with Gasteiger partial charge in [-0.2, -0.15) is 0 Å². The molecule has 0 spiro atoms. The number of benzene rings is 1. The Bertz CT molecular complexity index is 285. The summed E-state index contributed by atoms with van der Waals surface area (Å²) >= 11 is 5.90. The Labute approximate surface area is 91.5 Å². The molecule has 0 bridgehead atoms. The number of nitrogens with one attached hydrogen (secondary N) is 1. The predicted molar refractivity (Wildman–Crippen MR) is 64.0 cm³/mol. The molecule has 14 heavy (non-hydrogen) atoms. The minimum Gasteiger partial charge on any atom is -0.382 e. The van der Waals surface area contributed by atoms with Crippen molar-refractivity contribution < 1.29 is 0 Å². The zero-order valence-corrected chi connectivity index (χ0v) is 9.81. The largest absolute Gasteiger partial charge is 0.382 e. The van der Waals surface area contributed by atoms with E-state index in [1.807, 2.05) is 24.3 Å². The highest BCUT2D eigenvalue weighted by Gasteiger charge is 2.09. The summed E-state index contributed by atoms with van der Waals surface area (Å²) < 4.78 is 0. The van der Waals surface area contributed by atoms with E-state index in [0.717, 1.165) is 10.7 Å². The van der Waals surface area contributed by atoms with E-state index in [1.165, 1.54) is 6.42 Å². The highest BCUT2D eigenvalue weighted by Crippen LogP contribution is 2.18. The van der Waals surface area contributed by atoms with E-state index in [4.69, 9.17) is 11.6 Å². The molecule has 0 saturated carbocycles. The molecule has 0 fully saturated rings. The van der Waals surface area contributed by atoms with Crippen LogP contribution in [0.4, 0.5) is 5.69 Å². The van der Waals surface area contributed by atoms with Crippen molar-refractivity contribution in [2.75, 3.05) is 5.32 Å². The van der Waals surface area contributed by atoms with Crippen LogP contribution in [-0.2, 0) is 0 Å². The van der Waals surface area contributed by atoms with Crippen LogP contribution in [0.25, 0.3) is 0 Å². The van der Waals surface area contributed by atoms with Crippen molar-refractivity contribution in [2.24, 2.45) is 5.92 Å². The molecule has 2 unspecified atom stereocenters. The molecule has 0 saturated heterocycles. The molecule has 1 aromatic carbocycles. The van der Waals surface area contributed by atoms with Gasteiger partial charge in [-0.1, -0.05) is 37.9 Å². The standard InChI is InChI=1S/C12H18ClN/c1-4-9(2)10(3)14-12-7-5-6-11(13)8-12/h5-10,14H,4H2,1-3H3. The Balaban J connectivity index is 2.60. The number of hydrogen-bond donors (Lipinski definition) is 1. The van der Waals surface area contributed by atoms with Crippen LogP contribution in [-0.4, -0.2) is 6.04 Å². The molecule has 1 aromatic rings. The topological polar surface area (TPSA) is 12.0 Å². The lowest BCUT2D eigenvalue weighted by Gasteiger charge is -2.21. The lowest BCUT2D eigenvalue weighted by atomic mass is 10.0. The SMILES string of the molecule is CCC(C)C(C)Nc1cccc(Cl)c1. The van der Waals surface area contributed by atoms with Gasteiger partial charge in [0.2, 0.25) is 0 Å². The second-order valence-corrected chi connectivity index (χ2v) is 4.27. The third-order valence-electron chi connectivity index (χ3n) is 2.72. The fourth-order valence-corrected chi connectivity index (χ4v) is 1.53. The lowest BCUT2D eigenvalue weighted by molar-refractivity contribution is 0.494. The maximum atomic E-state index is 5.90. The van der Waals surface area contributed by atoms with Crippen LogP contribution in [0.3, 0.4) is 0 Å². The summed E-state index contributed by atoms with van der Waals surface area (Å²) in [4.78, 5) is 0. The van der Waals surface area contributed by atoms with Crippen molar-refractivity contribution >= 4 is 17.3 Å². The molecule has 2 atom stereocenters. The molecule has 1 rings (SSSR count). The second kappa shape index (κ2) is 5.26. The van der Waals surface area contributed by atoms with Gasteiger partial charge in [0.15, 0.2) is 0 Å². The predicted octanol–water partition coefficient (Wildman–Crippen LogP) is 4.19. The molecule has 78 valence electrons. The zero-order chi connectivity index (χ0) is 10.6. The molecule has 1 nitrogen and oxygen atoms in total. The fourth-order valence-electron chi connectivity index (χ4n) is 1.34. The molecule has 2 heteroatoms. The molecule has 0 aliphatic rings. The molecule has 0 aliphatic heterocycles. The van der Waals surface area contributed by atoms with E-state index in [-0.39, 0.29) is 0 Å². The Kier molecular flexibility index (Phi) is 4.27. The molecule has 0 aromatic heterocycles. The van der Waals surface area contributed by atoms with Crippen LogP contribution < -0.4 is 5.32 Å². The van der Waals surface area contributed by atoms with Crippen LogP contribution in [0.5, 0.6) is 0 Å². The van der Waals surface area contributed by atoms with Gasteiger partial charge in [-0.3, -0.25) is 0 Å². The molecule has 0 radical (unpaired) electrons. The Morgan fingerprint density at radius 2 is 2.07 bits per heavy atom. The summed E-state index contributed by atoms with van der Waals surface area (Å²) in [7, 11) is 0. The Morgan fingerprint density at radius 3 is 2.64 bits per heavy atom. The van der Waals surface area contributed by atoms with Crippen molar-refractivity contribution in [3.63, 3.8) is 0 Å². The van der Waals surface area contributed by atoms with Crippen LogP contribution in [0.1, 0.15) is 27.2 Å². The molecule has 0 aliphatic carbocycles. The molecule has 0 amide bonds. The average Bonchev–Trinajstić information content (AvgIpc) is 2.16. The first kappa shape index (κ1) is 11.4. The van der Waals surface area contributed by atoms with E-state index in [9.17, 15) is 0 Å². The van der Waals surface area contributed by atoms with E-state index >= 15 is 0 Å². The van der Waals surface area contributed by atoms with E-state index in [2.05, 4.69) is 26.1 Å². The van der Waals surface area contributed by atoms with Crippen molar-refractivity contribution in [1.82, 2.24) is 0 Å². The first-order chi connectivity index (χ1) is 6.63. The van der Waals surface area contributed by atoms with Crippen LogP contribution in [0, 0.1) is 5.92 Å². The summed E-state index contributed by atoms with van der Waals surface area (Å²) in [6.07, 6.45) is 1.19. The normalized spacial score (nSPS) is 14.9. The Hall–Kier alpha value is -0.690. The first-order valence-corrected chi connectivity index (χ1v) is 5.53. The van der Waals surface area contributed by atoms with Crippen molar-refractivity contribution in [1.29, 1.82) is 0 Å². The second-order valence-electron chi connectivity index (χ2n) is 3.83. The fraction of sp³-hybridized carbons (Fsp3) is 0.500. The highest BCUT2D eigenvalue weighted by molar-refractivity contribution is 6.30. The van der Waals surface area contributed by atoms with Gasteiger partial charge in [0.1, 0.15) is 0 Å². The summed E-state index contributed by atoms with van der Waals surface area (Å²) in [6.45, 7) is 6.66. The summed E-state index contributed by atoms with van der Waals surface area (Å²) in [5.74, 6) is 0.675. The third-order valence-corrected chi connectivity index (χ3v) is 2.95. The summed E-state index contributed by atoms with van der Waals surface area (Å²) in [5.41, 5.74) is 1.10. The molecular formula is C12H18ClN. The first-order valence-electron chi connectivity index (χ1n) is 5.15. The molecule has 1 N–H and O–H groups in total. The number of hydrogen-bond acceptors (Lipinski definition) is 1. The van der Waals surface area contributed by atoms with Gasteiger partial charge < -0.3 is 5.32 Å². The van der Waals surface area contributed by atoms with Gasteiger partial charge in [-0.15, -0.1) is 0 Å². The van der Waals surface area contributed by atoms with E-state index < -0.39 is 0 Å². The number of halogens is 1. The highest BCUT2D eigenvalue weighted by atomic mass is 35.5. The third kappa shape index (κ3) is 3.22. The van der Waals surface area contributed by atoms with Crippen molar-refractivity contribution in [2.45, 2.75) is 33.2 Å². The van der Waals surface area contributed by atoms with Gasteiger partial charge in [-0.05, 0) is 31.0 Å². The van der Waals surface area contributed by atoms with Gasteiger partial charge in [0.05, 0.1) is 0 Å². The summed E-state index contributed by atoms with van der Waals surface area (Å²) in [6, 6.07) is 8.35. The van der Waals surface area contributed by atoms with Gasteiger partial charge in [-0.25, -0.2) is 0 Å². The minimum absolute atomic E-state index is 0.485. The smallest absolute Gasteiger partial charge is 0.0426 e. The minimum atomic E-state index is 0.485. The van der Waals surface area contributed by atoms with Crippen LogP contribution >= 0.6 is 11.6 Å². The van der Waals surface area contributed by atoms with Crippen molar-refractivity contribution in [3.8, 4) is 0 Å². The zero-order valence-electron chi connectivity index (χ0n) is 9.05. The average molecular weight is 212 g/mol. The Morgan fingerprint density at radius 1 is 1.36 bits per heavy atom. The maximum Gasteiger partial charge on any atom is 0.0426 e. The number of rotatable bonds is 4. The van der Waals surface area contributed by atoms with Gasteiger partial charge in [0, 0.05) is 16.8 Å². The van der Waals surface area contributed by atoms with Gasteiger partial charge >= 0.3 is 0 Å². The van der Waals surface area contributed by atoms with Crippen LogP contribution in [0.15, 0.2) is 24.3 Å². The maximum absolute atomic E-state index is 5.90. The number of anilines is 1.